The van der Waals surface area contributed by atoms with Gasteiger partial charge in [-0.2, -0.15) is 0 Å². The summed E-state index contributed by atoms with van der Waals surface area (Å²) >= 11 is 0. The van der Waals surface area contributed by atoms with Crippen molar-refractivity contribution in [3.63, 3.8) is 0 Å². The first-order valence-corrected chi connectivity index (χ1v) is 5.26. The van der Waals surface area contributed by atoms with Gasteiger partial charge in [-0.1, -0.05) is 12.1 Å². The van der Waals surface area contributed by atoms with E-state index in [0.29, 0.717) is 5.56 Å². The quantitative estimate of drug-likeness (QED) is 0.456. The van der Waals surface area contributed by atoms with Gasteiger partial charge in [0.15, 0.2) is 0 Å². The molecule has 1 aromatic rings. The van der Waals surface area contributed by atoms with Crippen molar-refractivity contribution < 1.29 is 19.2 Å². The Morgan fingerprint density at radius 3 is 2.61 bits per heavy atom. The highest BCUT2D eigenvalue weighted by atomic mass is 16.7. The fraction of sp³-hybridized carbons (Fsp3) is 0.250. The van der Waals surface area contributed by atoms with Crippen molar-refractivity contribution in [2.24, 2.45) is 0 Å². The van der Waals surface area contributed by atoms with E-state index in [4.69, 9.17) is 9.47 Å². The van der Waals surface area contributed by atoms with Crippen LogP contribution in [0.2, 0.25) is 0 Å². The fourth-order valence-electron chi connectivity index (χ4n) is 1.61. The number of non-ortho nitro benzene ring substituents is 1. The van der Waals surface area contributed by atoms with E-state index in [-0.39, 0.29) is 11.4 Å². The average molecular weight is 249 g/mol. The van der Waals surface area contributed by atoms with Crippen LogP contribution in [0.25, 0.3) is 5.76 Å². The maximum atomic E-state index is 11.4. The molecule has 1 aliphatic heterocycles. The maximum absolute atomic E-state index is 11.4. The van der Waals surface area contributed by atoms with Gasteiger partial charge in [-0.15, -0.1) is 0 Å². The predicted octanol–water partition coefficient (Wildman–Crippen LogP) is 2.25. The van der Waals surface area contributed by atoms with Crippen LogP contribution >= 0.6 is 0 Å². The molecule has 0 N–H and O–H groups in total. The monoisotopic (exact) mass is 249 g/mol. The molecule has 2 rings (SSSR count). The Morgan fingerprint density at radius 2 is 2.00 bits per heavy atom. The van der Waals surface area contributed by atoms with E-state index in [1.165, 1.54) is 24.3 Å². The molecule has 0 aromatic heterocycles. The second-order valence-corrected chi connectivity index (χ2v) is 4.24. The van der Waals surface area contributed by atoms with Gasteiger partial charge < -0.3 is 9.47 Å². The molecule has 0 aliphatic carbocycles. The summed E-state index contributed by atoms with van der Waals surface area (Å²) in [4.78, 5) is 21.5. The number of nitro groups is 1. The second-order valence-electron chi connectivity index (χ2n) is 4.24. The van der Waals surface area contributed by atoms with E-state index in [0.717, 1.165) is 0 Å². The number of carbonyl (C=O) groups excluding carboxylic acids is 1. The third kappa shape index (κ3) is 2.48. The minimum atomic E-state index is -1.08. The van der Waals surface area contributed by atoms with Gasteiger partial charge in [0.2, 0.25) is 5.79 Å². The van der Waals surface area contributed by atoms with Gasteiger partial charge in [0.1, 0.15) is 5.76 Å². The summed E-state index contributed by atoms with van der Waals surface area (Å²) in [5.74, 6) is -1.35. The van der Waals surface area contributed by atoms with Gasteiger partial charge in [-0.05, 0) is 0 Å². The topological polar surface area (TPSA) is 78.7 Å². The molecular formula is C12H11NO5. The number of hydrogen-bond acceptors (Lipinski definition) is 5. The van der Waals surface area contributed by atoms with E-state index in [9.17, 15) is 14.9 Å². The van der Waals surface area contributed by atoms with Crippen LogP contribution in [0.3, 0.4) is 0 Å². The Labute approximate surface area is 103 Å². The normalized spacial score (nSPS) is 17.4. The van der Waals surface area contributed by atoms with Crippen molar-refractivity contribution >= 4 is 17.4 Å². The second kappa shape index (κ2) is 4.14. The number of cyclic esters (lactones) is 1. The number of esters is 1. The average Bonchev–Trinajstić information content (AvgIpc) is 2.26. The first kappa shape index (κ1) is 12.1. The highest BCUT2D eigenvalue weighted by Crippen LogP contribution is 2.29. The van der Waals surface area contributed by atoms with Crippen LogP contribution in [0.15, 0.2) is 30.3 Å². The zero-order valence-electron chi connectivity index (χ0n) is 9.88. The maximum Gasteiger partial charge on any atom is 0.337 e. The van der Waals surface area contributed by atoms with Crippen molar-refractivity contribution in [1.29, 1.82) is 0 Å². The molecule has 1 aliphatic rings. The first-order valence-electron chi connectivity index (χ1n) is 5.26. The van der Waals surface area contributed by atoms with Crippen molar-refractivity contribution in [3.05, 3.63) is 46.0 Å². The molecule has 0 unspecified atom stereocenters. The minimum Gasteiger partial charge on any atom is -0.452 e. The standard InChI is InChI=1S/C12H11NO5/c1-12(2)17-10(7-11(14)18-12)8-4-3-5-9(6-8)13(15)16/h3-7H,1-2H3. The number of nitrogens with zero attached hydrogens (tertiary/aromatic N) is 1. The number of nitro benzene ring substituents is 1. The molecule has 0 fully saturated rings. The Balaban J connectivity index is 2.40. The summed E-state index contributed by atoms with van der Waals surface area (Å²) in [5.41, 5.74) is 0.405. The summed E-state index contributed by atoms with van der Waals surface area (Å²) in [6.45, 7) is 3.19. The van der Waals surface area contributed by atoms with Crippen LogP contribution in [-0.4, -0.2) is 16.7 Å². The van der Waals surface area contributed by atoms with Gasteiger partial charge in [0.05, 0.1) is 11.0 Å². The van der Waals surface area contributed by atoms with Gasteiger partial charge in [0, 0.05) is 31.5 Å². The summed E-state index contributed by atoms with van der Waals surface area (Å²) in [7, 11) is 0. The van der Waals surface area contributed by atoms with E-state index in [1.54, 1.807) is 19.9 Å². The summed E-state index contributed by atoms with van der Waals surface area (Å²) in [6, 6.07) is 5.88. The Bertz CT molecular complexity index is 547. The zero-order valence-corrected chi connectivity index (χ0v) is 9.88. The van der Waals surface area contributed by atoms with E-state index in [1.807, 2.05) is 0 Å². The molecule has 1 heterocycles. The molecule has 1 aromatic carbocycles. The van der Waals surface area contributed by atoms with Crippen LogP contribution in [-0.2, 0) is 14.3 Å². The van der Waals surface area contributed by atoms with Gasteiger partial charge in [-0.3, -0.25) is 10.1 Å². The molecule has 0 bridgehead atoms. The van der Waals surface area contributed by atoms with Crippen molar-refractivity contribution in [3.8, 4) is 0 Å². The van der Waals surface area contributed by atoms with E-state index < -0.39 is 16.7 Å². The van der Waals surface area contributed by atoms with Crippen molar-refractivity contribution in [2.45, 2.75) is 19.6 Å². The van der Waals surface area contributed by atoms with Gasteiger partial charge in [-0.25, -0.2) is 4.79 Å². The number of benzene rings is 1. The Kier molecular flexibility index (Phi) is 2.78. The van der Waals surface area contributed by atoms with Crippen molar-refractivity contribution in [2.75, 3.05) is 0 Å². The van der Waals surface area contributed by atoms with Crippen molar-refractivity contribution in [1.82, 2.24) is 0 Å². The molecule has 0 saturated carbocycles. The minimum absolute atomic E-state index is 0.0613. The molecule has 0 spiro atoms. The number of hydrogen-bond donors (Lipinski definition) is 0. The van der Waals surface area contributed by atoms with Gasteiger partial charge >= 0.3 is 5.97 Å². The molecular weight excluding hydrogens is 238 g/mol. The lowest BCUT2D eigenvalue weighted by atomic mass is 10.1. The molecule has 0 atom stereocenters. The molecule has 18 heavy (non-hydrogen) atoms. The molecule has 94 valence electrons. The lowest BCUT2D eigenvalue weighted by Crippen LogP contribution is -2.33. The zero-order chi connectivity index (χ0) is 13.3. The summed E-state index contributed by atoms with van der Waals surface area (Å²) in [6.07, 6.45) is 1.17. The Hall–Kier alpha value is -2.37. The highest BCUT2D eigenvalue weighted by molar-refractivity contribution is 5.91. The number of ether oxygens (including phenoxy) is 2. The van der Waals surface area contributed by atoms with Gasteiger partial charge in [0.25, 0.3) is 5.69 Å². The number of rotatable bonds is 2. The van der Waals surface area contributed by atoms with Crippen LogP contribution < -0.4 is 0 Å². The van der Waals surface area contributed by atoms with Crippen LogP contribution in [0.5, 0.6) is 0 Å². The lowest BCUT2D eigenvalue weighted by Gasteiger charge is -2.30. The van der Waals surface area contributed by atoms with Crippen LogP contribution in [0.4, 0.5) is 5.69 Å². The third-order valence-electron chi connectivity index (χ3n) is 2.29. The highest BCUT2D eigenvalue weighted by Gasteiger charge is 2.31. The van der Waals surface area contributed by atoms with Crippen LogP contribution in [0.1, 0.15) is 19.4 Å². The summed E-state index contributed by atoms with van der Waals surface area (Å²) in [5, 5.41) is 10.7. The molecule has 0 radical (unpaired) electrons. The molecule has 0 saturated heterocycles. The number of carbonyl (C=O) groups is 1. The Morgan fingerprint density at radius 1 is 1.28 bits per heavy atom. The molecule has 6 nitrogen and oxygen atoms in total. The van der Waals surface area contributed by atoms with E-state index in [2.05, 4.69) is 0 Å². The van der Waals surface area contributed by atoms with E-state index >= 15 is 0 Å². The van der Waals surface area contributed by atoms with Crippen LogP contribution in [0, 0.1) is 10.1 Å². The molecule has 6 heteroatoms. The fourth-order valence-corrected chi connectivity index (χ4v) is 1.61. The third-order valence-corrected chi connectivity index (χ3v) is 2.29. The lowest BCUT2D eigenvalue weighted by molar-refractivity contribution is -0.384. The molecule has 0 amide bonds. The smallest absolute Gasteiger partial charge is 0.337 e. The largest absolute Gasteiger partial charge is 0.452 e. The SMILES string of the molecule is CC1(C)OC(=O)C=C(c2cccc([N+](=O)[O-])c2)O1. The first-order chi connectivity index (χ1) is 8.37. The summed E-state index contributed by atoms with van der Waals surface area (Å²) < 4.78 is 10.4. The predicted molar refractivity (Wildman–Crippen MR) is 62.3 cm³/mol.